The predicted octanol–water partition coefficient (Wildman–Crippen LogP) is 5.28. The van der Waals surface area contributed by atoms with Crippen LogP contribution in [0.5, 0.6) is 0 Å². The van der Waals surface area contributed by atoms with Gasteiger partial charge in [0, 0.05) is 29.2 Å². The molecule has 0 bridgehead atoms. The van der Waals surface area contributed by atoms with Crippen LogP contribution in [0.1, 0.15) is 45.8 Å². The maximum atomic E-state index is 14.2. The second-order valence-electron chi connectivity index (χ2n) is 11.8. The Morgan fingerprint density at radius 3 is 2.49 bits per heavy atom. The first kappa shape index (κ1) is 32.9. The van der Waals surface area contributed by atoms with Crippen molar-refractivity contribution in [3.8, 4) is 11.4 Å². The van der Waals surface area contributed by atoms with Gasteiger partial charge < -0.3 is 19.5 Å². The number of piperidine rings is 1. The van der Waals surface area contributed by atoms with Crippen LogP contribution in [0.15, 0.2) is 58.2 Å². The number of likely N-dealkylation sites (tertiary alicyclic amines) is 1. The van der Waals surface area contributed by atoms with Crippen molar-refractivity contribution in [2.75, 3.05) is 24.7 Å². The number of alkyl halides is 3. The van der Waals surface area contributed by atoms with Crippen molar-refractivity contribution < 1.29 is 27.5 Å². The molecule has 1 saturated heterocycles. The molecule has 254 valence electrons. The zero-order valence-electron chi connectivity index (χ0n) is 26.1. The van der Waals surface area contributed by atoms with Crippen LogP contribution in [0, 0.1) is 6.92 Å². The van der Waals surface area contributed by atoms with Crippen molar-refractivity contribution >= 4 is 46.6 Å². The number of halogens is 4. The van der Waals surface area contributed by atoms with E-state index in [4.69, 9.17) is 16.3 Å². The van der Waals surface area contributed by atoms with Crippen molar-refractivity contribution in [2.24, 2.45) is 0 Å². The van der Waals surface area contributed by atoms with Gasteiger partial charge in [0.15, 0.2) is 5.82 Å². The Bertz CT molecular complexity index is 2170. The van der Waals surface area contributed by atoms with Gasteiger partial charge in [-0.3, -0.25) is 19.5 Å². The highest BCUT2D eigenvalue weighted by molar-refractivity contribution is 7.98. The number of carbonyl (C=O) groups is 2. The van der Waals surface area contributed by atoms with Gasteiger partial charge >= 0.3 is 6.18 Å². The number of nitrogens with zero attached hydrogens (tertiary/aromatic N) is 6. The number of fused-ring (bicyclic) bond motifs is 3. The largest absolute Gasteiger partial charge is 0.416 e. The van der Waals surface area contributed by atoms with Gasteiger partial charge in [0.2, 0.25) is 11.7 Å². The van der Waals surface area contributed by atoms with Crippen LogP contribution in [0.3, 0.4) is 0 Å². The van der Waals surface area contributed by atoms with Gasteiger partial charge in [0.25, 0.3) is 11.5 Å². The number of nitrogens with one attached hydrogen (secondary N) is 2. The Kier molecular flexibility index (Phi) is 8.27. The molecule has 2 aromatic carbocycles. The molecule has 2 aliphatic heterocycles. The number of thioether (sulfide) groups is 1. The van der Waals surface area contributed by atoms with E-state index in [-0.39, 0.29) is 41.4 Å². The van der Waals surface area contributed by atoms with Crippen LogP contribution in [-0.2, 0) is 34.5 Å². The summed E-state index contributed by atoms with van der Waals surface area (Å²) in [5.41, 5.74) is -0.0283. The number of ether oxygens (including phenoxy) is 1. The summed E-state index contributed by atoms with van der Waals surface area (Å²) in [5, 5.41) is 13.7. The van der Waals surface area contributed by atoms with Gasteiger partial charge in [-0.15, -0.1) is 16.9 Å². The van der Waals surface area contributed by atoms with Gasteiger partial charge in [-0.1, -0.05) is 23.7 Å². The smallest absolute Gasteiger partial charge is 0.364 e. The molecule has 0 aliphatic carbocycles. The average Bonchev–Trinajstić information content (AvgIpc) is 3.82. The van der Waals surface area contributed by atoms with E-state index in [1.54, 1.807) is 29.7 Å². The summed E-state index contributed by atoms with van der Waals surface area (Å²) >= 11 is 7.68. The number of hydrogen-bond donors (Lipinski definition) is 2. The first-order valence-corrected chi connectivity index (χ1v) is 16.8. The third-order valence-electron chi connectivity index (χ3n) is 8.80. The number of aryl methyl sites for hydroxylation is 1. The van der Waals surface area contributed by atoms with E-state index < -0.39 is 28.8 Å². The standard InChI is InChI=1S/C32H28ClF3N8O4S/c1-17-13-23(40-39-17)28(46)42-11-9-31(10-12-42)26-24(16-48-31)43(15-25(45)37-22-8-5-19(14-21(22)33)32(34,35)36)30-38-27(41-44(30)29(26)47)18-3-6-20(49-2)7-4-18/h3-8,13-14H,9-12,15-16H2,1-2H3,(H,37,45)(H,39,40). The first-order valence-electron chi connectivity index (χ1n) is 15.2. The molecule has 3 aromatic heterocycles. The zero-order valence-corrected chi connectivity index (χ0v) is 27.7. The Morgan fingerprint density at radius 1 is 1.12 bits per heavy atom. The number of amides is 2. The lowest BCUT2D eigenvalue weighted by Crippen LogP contribution is -2.47. The van der Waals surface area contributed by atoms with E-state index >= 15 is 0 Å². The highest BCUT2D eigenvalue weighted by Gasteiger charge is 2.48. The topological polar surface area (TPSA) is 140 Å². The minimum absolute atomic E-state index is 0.0127. The fourth-order valence-corrected chi connectivity index (χ4v) is 6.93. The lowest BCUT2D eigenvalue weighted by atomic mass is 9.85. The van der Waals surface area contributed by atoms with Crippen molar-refractivity contribution in [3.05, 3.63) is 92.1 Å². The van der Waals surface area contributed by atoms with Gasteiger partial charge in [0.05, 0.1) is 34.1 Å². The summed E-state index contributed by atoms with van der Waals surface area (Å²) in [6, 6.07) is 11.8. The molecule has 2 amide bonds. The van der Waals surface area contributed by atoms with Crippen LogP contribution < -0.4 is 10.9 Å². The molecule has 2 N–H and O–H groups in total. The van der Waals surface area contributed by atoms with E-state index in [1.807, 2.05) is 30.5 Å². The van der Waals surface area contributed by atoms with Crippen molar-refractivity contribution in [2.45, 2.75) is 49.6 Å². The van der Waals surface area contributed by atoms with E-state index in [2.05, 4.69) is 25.6 Å². The maximum absolute atomic E-state index is 14.2. The van der Waals surface area contributed by atoms with Gasteiger partial charge in [-0.25, -0.2) is 0 Å². The molecular formula is C32H28ClF3N8O4S. The van der Waals surface area contributed by atoms with Gasteiger partial charge in [-0.2, -0.15) is 27.8 Å². The highest BCUT2D eigenvalue weighted by Crippen LogP contribution is 2.43. The third kappa shape index (κ3) is 5.97. The summed E-state index contributed by atoms with van der Waals surface area (Å²) in [4.78, 5) is 48.1. The molecule has 7 rings (SSSR count). The van der Waals surface area contributed by atoms with Crippen LogP contribution in [0.2, 0.25) is 5.02 Å². The Labute approximate surface area is 285 Å². The molecule has 2 aliphatic rings. The Morgan fingerprint density at radius 2 is 1.86 bits per heavy atom. The van der Waals surface area contributed by atoms with Crippen LogP contribution in [0.25, 0.3) is 17.2 Å². The monoisotopic (exact) mass is 712 g/mol. The van der Waals surface area contributed by atoms with Gasteiger partial charge in [-0.05, 0) is 62.4 Å². The van der Waals surface area contributed by atoms with Gasteiger partial charge in [0.1, 0.15) is 17.8 Å². The predicted molar refractivity (Wildman–Crippen MR) is 174 cm³/mol. The summed E-state index contributed by atoms with van der Waals surface area (Å²) in [5.74, 6) is -0.516. The second kappa shape index (κ2) is 12.3. The molecule has 5 aromatic rings. The molecular weight excluding hydrogens is 685 g/mol. The first-order chi connectivity index (χ1) is 23.4. The molecule has 1 fully saturated rings. The van der Waals surface area contributed by atoms with Crippen molar-refractivity contribution in [1.82, 2.24) is 34.3 Å². The number of hydrogen-bond acceptors (Lipinski definition) is 8. The molecule has 12 nitrogen and oxygen atoms in total. The average molecular weight is 713 g/mol. The highest BCUT2D eigenvalue weighted by atomic mass is 35.5. The number of anilines is 1. The minimum atomic E-state index is -4.60. The SMILES string of the molecule is CSc1ccc(-c2nc3n(CC(=O)Nc4ccc(C(F)(F)F)cc4Cl)c4c(c(=O)n3n2)C2(CCN(C(=O)c3cc(C)[nH]n3)CC2)OC4)cc1. The molecule has 0 atom stereocenters. The van der Waals surface area contributed by atoms with E-state index in [9.17, 15) is 27.6 Å². The molecule has 17 heteroatoms. The molecule has 5 heterocycles. The number of aromatic amines is 1. The molecule has 0 saturated carbocycles. The molecule has 49 heavy (non-hydrogen) atoms. The quantitative estimate of drug-likeness (QED) is 0.227. The van der Waals surface area contributed by atoms with E-state index in [1.165, 1.54) is 4.57 Å². The Balaban J connectivity index is 1.26. The van der Waals surface area contributed by atoms with E-state index in [0.29, 0.717) is 48.4 Å². The molecule has 1 spiro atoms. The van der Waals surface area contributed by atoms with Crippen LogP contribution in [-0.4, -0.2) is 65.4 Å². The lowest BCUT2D eigenvalue weighted by Gasteiger charge is -2.38. The summed E-state index contributed by atoms with van der Waals surface area (Å²) in [7, 11) is 0. The summed E-state index contributed by atoms with van der Waals surface area (Å²) < 4.78 is 48.6. The minimum Gasteiger partial charge on any atom is -0.364 e. The molecule has 0 unspecified atom stereocenters. The summed E-state index contributed by atoms with van der Waals surface area (Å²) in [6.07, 6.45) is -2.04. The normalized spacial score (nSPS) is 15.6. The maximum Gasteiger partial charge on any atom is 0.416 e. The number of H-pyrrole nitrogens is 1. The van der Waals surface area contributed by atoms with Crippen molar-refractivity contribution in [1.29, 1.82) is 0 Å². The zero-order chi connectivity index (χ0) is 34.7. The number of rotatable bonds is 6. The number of aromatic nitrogens is 6. The van der Waals surface area contributed by atoms with Crippen LogP contribution in [0.4, 0.5) is 18.9 Å². The van der Waals surface area contributed by atoms with Crippen LogP contribution >= 0.6 is 23.4 Å². The summed E-state index contributed by atoms with van der Waals surface area (Å²) in [6.45, 7) is 1.98. The fraction of sp³-hybridized carbons (Fsp3) is 0.312. The van der Waals surface area contributed by atoms with Crippen molar-refractivity contribution in [3.63, 3.8) is 0 Å². The third-order valence-corrected chi connectivity index (χ3v) is 9.85. The lowest BCUT2D eigenvalue weighted by molar-refractivity contribution is -0.137. The van der Waals surface area contributed by atoms with E-state index in [0.717, 1.165) is 33.3 Å². The number of benzene rings is 2. The molecule has 0 radical (unpaired) electrons. The number of carbonyl (C=O) groups excluding carboxylic acids is 2. The second-order valence-corrected chi connectivity index (χ2v) is 13.1. The Hall–Kier alpha value is -4.67. The fourth-order valence-electron chi connectivity index (χ4n) is 6.30.